The molecular weight excluding hydrogens is 228 g/mol. The number of hydrogen-bond acceptors (Lipinski definition) is 3. The molecule has 1 amide bonds. The molecule has 1 fully saturated rings. The minimum absolute atomic E-state index is 0.167. The maximum absolute atomic E-state index is 12.1. The van der Waals surface area contributed by atoms with Gasteiger partial charge < -0.3 is 9.32 Å². The molecule has 1 aliphatic rings. The molecule has 4 nitrogen and oxygen atoms in total. The van der Waals surface area contributed by atoms with Gasteiger partial charge in [0.25, 0.3) is 0 Å². The van der Waals surface area contributed by atoms with Crippen LogP contribution in [0.5, 0.6) is 0 Å². The van der Waals surface area contributed by atoms with Gasteiger partial charge in [0.05, 0.1) is 19.4 Å². The van der Waals surface area contributed by atoms with E-state index in [1.165, 1.54) is 12.8 Å². The fourth-order valence-corrected chi connectivity index (χ4v) is 2.47. The zero-order valence-corrected chi connectivity index (χ0v) is 11.3. The molecule has 1 aliphatic heterocycles. The van der Waals surface area contributed by atoms with Gasteiger partial charge in [-0.15, -0.1) is 0 Å². The normalized spacial score (nSPS) is 20.9. The van der Waals surface area contributed by atoms with Crippen molar-refractivity contribution in [1.29, 1.82) is 0 Å². The van der Waals surface area contributed by atoms with Crippen LogP contribution in [-0.4, -0.2) is 42.4 Å². The van der Waals surface area contributed by atoms with Gasteiger partial charge in [-0.3, -0.25) is 9.69 Å². The molecule has 0 aromatic carbocycles. The van der Waals surface area contributed by atoms with Crippen molar-refractivity contribution in [3.05, 3.63) is 24.2 Å². The van der Waals surface area contributed by atoms with E-state index in [4.69, 9.17) is 4.42 Å². The van der Waals surface area contributed by atoms with E-state index in [2.05, 4.69) is 11.8 Å². The number of piperidine rings is 1. The fourth-order valence-electron chi connectivity index (χ4n) is 2.47. The highest BCUT2D eigenvalue weighted by atomic mass is 16.3. The third-order valence-corrected chi connectivity index (χ3v) is 3.50. The number of carbonyl (C=O) groups is 1. The SMILES string of the molecule is CC1CCCN(CC(=O)N(C)Cc2ccco2)C1. The molecular formula is C14H22N2O2. The highest BCUT2D eigenvalue weighted by Gasteiger charge is 2.20. The summed E-state index contributed by atoms with van der Waals surface area (Å²) in [7, 11) is 1.83. The van der Waals surface area contributed by atoms with Gasteiger partial charge in [-0.05, 0) is 37.4 Å². The molecule has 2 rings (SSSR count). The molecule has 1 aromatic heterocycles. The van der Waals surface area contributed by atoms with Crippen LogP contribution in [0.25, 0.3) is 0 Å². The first kappa shape index (κ1) is 13.1. The summed E-state index contributed by atoms with van der Waals surface area (Å²) in [6, 6.07) is 3.74. The Morgan fingerprint density at radius 2 is 2.44 bits per heavy atom. The number of nitrogens with zero attached hydrogens (tertiary/aromatic N) is 2. The molecule has 100 valence electrons. The Bertz CT molecular complexity index is 375. The predicted octanol–water partition coefficient (Wildman–Crippen LogP) is 1.97. The van der Waals surface area contributed by atoms with Gasteiger partial charge in [0.1, 0.15) is 5.76 Å². The van der Waals surface area contributed by atoms with E-state index in [0.29, 0.717) is 19.0 Å². The number of hydrogen-bond donors (Lipinski definition) is 0. The molecule has 0 radical (unpaired) electrons. The Kier molecular flexibility index (Phi) is 4.42. The molecule has 1 saturated heterocycles. The second kappa shape index (κ2) is 6.05. The van der Waals surface area contributed by atoms with Crippen molar-refractivity contribution in [1.82, 2.24) is 9.80 Å². The van der Waals surface area contributed by atoms with Crippen LogP contribution in [0.4, 0.5) is 0 Å². The van der Waals surface area contributed by atoms with E-state index in [1.807, 2.05) is 19.2 Å². The summed E-state index contributed by atoms with van der Waals surface area (Å²) in [4.78, 5) is 16.1. The lowest BCUT2D eigenvalue weighted by molar-refractivity contribution is -0.132. The highest BCUT2D eigenvalue weighted by Crippen LogP contribution is 2.15. The molecule has 1 unspecified atom stereocenters. The molecule has 0 bridgehead atoms. The van der Waals surface area contributed by atoms with Crippen molar-refractivity contribution in [3.8, 4) is 0 Å². The second-order valence-corrected chi connectivity index (χ2v) is 5.31. The quantitative estimate of drug-likeness (QED) is 0.819. The summed E-state index contributed by atoms with van der Waals surface area (Å²) < 4.78 is 5.25. The monoisotopic (exact) mass is 250 g/mol. The van der Waals surface area contributed by atoms with Crippen molar-refractivity contribution in [2.24, 2.45) is 5.92 Å². The van der Waals surface area contributed by atoms with Crippen LogP contribution in [-0.2, 0) is 11.3 Å². The average molecular weight is 250 g/mol. The first-order valence-electron chi connectivity index (χ1n) is 6.64. The van der Waals surface area contributed by atoms with Gasteiger partial charge in [-0.25, -0.2) is 0 Å². The van der Waals surface area contributed by atoms with Gasteiger partial charge in [-0.1, -0.05) is 6.92 Å². The molecule has 18 heavy (non-hydrogen) atoms. The standard InChI is InChI=1S/C14H22N2O2/c1-12-5-3-7-16(9-12)11-14(17)15(2)10-13-6-4-8-18-13/h4,6,8,12H,3,5,7,9-11H2,1-2H3. The van der Waals surface area contributed by atoms with Crippen LogP contribution in [0.15, 0.2) is 22.8 Å². The van der Waals surface area contributed by atoms with E-state index in [9.17, 15) is 4.79 Å². The maximum atomic E-state index is 12.1. The second-order valence-electron chi connectivity index (χ2n) is 5.31. The number of furan rings is 1. The molecule has 1 aromatic rings. The molecule has 0 aliphatic carbocycles. The topological polar surface area (TPSA) is 36.7 Å². The highest BCUT2D eigenvalue weighted by molar-refractivity contribution is 5.77. The summed E-state index contributed by atoms with van der Waals surface area (Å²) in [6.07, 6.45) is 4.13. The number of amides is 1. The van der Waals surface area contributed by atoms with Crippen LogP contribution in [0, 0.1) is 5.92 Å². The van der Waals surface area contributed by atoms with Gasteiger partial charge in [0, 0.05) is 13.6 Å². The Hall–Kier alpha value is -1.29. The average Bonchev–Trinajstić information content (AvgIpc) is 2.81. The van der Waals surface area contributed by atoms with Crippen LogP contribution in [0.1, 0.15) is 25.5 Å². The number of rotatable bonds is 4. The Morgan fingerprint density at radius 3 is 3.11 bits per heavy atom. The fraction of sp³-hybridized carbons (Fsp3) is 0.643. The zero-order valence-electron chi connectivity index (χ0n) is 11.3. The minimum Gasteiger partial charge on any atom is -0.467 e. The van der Waals surface area contributed by atoms with E-state index < -0.39 is 0 Å². The smallest absolute Gasteiger partial charge is 0.236 e. The van der Waals surface area contributed by atoms with Crippen LogP contribution in [0.3, 0.4) is 0 Å². The number of likely N-dealkylation sites (N-methyl/N-ethyl adjacent to an activating group) is 1. The third kappa shape index (κ3) is 3.60. The van der Waals surface area contributed by atoms with Crippen molar-refractivity contribution in [2.75, 3.05) is 26.7 Å². The lowest BCUT2D eigenvalue weighted by Gasteiger charge is -2.31. The van der Waals surface area contributed by atoms with Crippen molar-refractivity contribution < 1.29 is 9.21 Å². The van der Waals surface area contributed by atoms with E-state index in [0.717, 1.165) is 18.8 Å². The predicted molar refractivity (Wildman–Crippen MR) is 70.0 cm³/mol. The van der Waals surface area contributed by atoms with Crippen molar-refractivity contribution in [2.45, 2.75) is 26.3 Å². The number of likely N-dealkylation sites (tertiary alicyclic amines) is 1. The summed E-state index contributed by atoms with van der Waals surface area (Å²) >= 11 is 0. The number of carbonyl (C=O) groups excluding carboxylic acids is 1. The summed E-state index contributed by atoms with van der Waals surface area (Å²) in [6.45, 7) is 5.42. The summed E-state index contributed by atoms with van der Waals surface area (Å²) in [5, 5.41) is 0. The maximum Gasteiger partial charge on any atom is 0.236 e. The third-order valence-electron chi connectivity index (χ3n) is 3.50. The molecule has 2 heterocycles. The Balaban J connectivity index is 1.79. The molecule has 1 atom stereocenters. The lowest BCUT2D eigenvalue weighted by Crippen LogP contribution is -2.42. The Morgan fingerprint density at radius 1 is 1.61 bits per heavy atom. The van der Waals surface area contributed by atoms with Gasteiger partial charge in [-0.2, -0.15) is 0 Å². The first-order chi connectivity index (χ1) is 8.65. The van der Waals surface area contributed by atoms with Crippen molar-refractivity contribution in [3.63, 3.8) is 0 Å². The lowest BCUT2D eigenvalue weighted by atomic mass is 10.0. The minimum atomic E-state index is 0.167. The Labute approximate surface area is 109 Å². The van der Waals surface area contributed by atoms with Gasteiger partial charge in [0.2, 0.25) is 5.91 Å². The van der Waals surface area contributed by atoms with Crippen LogP contribution in [0.2, 0.25) is 0 Å². The zero-order chi connectivity index (χ0) is 13.0. The van der Waals surface area contributed by atoms with Gasteiger partial charge in [0.15, 0.2) is 0 Å². The van der Waals surface area contributed by atoms with Crippen LogP contribution < -0.4 is 0 Å². The summed E-state index contributed by atoms with van der Waals surface area (Å²) in [5.74, 6) is 1.71. The molecule has 0 spiro atoms. The molecule has 0 N–H and O–H groups in total. The van der Waals surface area contributed by atoms with Crippen LogP contribution >= 0.6 is 0 Å². The van der Waals surface area contributed by atoms with E-state index in [-0.39, 0.29) is 5.91 Å². The van der Waals surface area contributed by atoms with E-state index in [1.54, 1.807) is 11.2 Å². The van der Waals surface area contributed by atoms with Gasteiger partial charge >= 0.3 is 0 Å². The largest absolute Gasteiger partial charge is 0.467 e. The molecule has 4 heteroatoms. The summed E-state index contributed by atoms with van der Waals surface area (Å²) in [5.41, 5.74) is 0. The molecule has 0 saturated carbocycles. The van der Waals surface area contributed by atoms with Crippen molar-refractivity contribution >= 4 is 5.91 Å². The van der Waals surface area contributed by atoms with E-state index >= 15 is 0 Å². The first-order valence-corrected chi connectivity index (χ1v) is 6.64.